The van der Waals surface area contributed by atoms with Gasteiger partial charge in [0.2, 0.25) is 0 Å². The summed E-state index contributed by atoms with van der Waals surface area (Å²) in [5.41, 5.74) is 13.4. The highest BCUT2D eigenvalue weighted by atomic mass is 16.5. The van der Waals surface area contributed by atoms with E-state index in [0.29, 0.717) is 0 Å². The maximum absolute atomic E-state index is 5.83. The van der Waals surface area contributed by atoms with Gasteiger partial charge in [0.15, 0.2) is 0 Å². The van der Waals surface area contributed by atoms with Gasteiger partial charge >= 0.3 is 0 Å². The number of rotatable bonds is 6. The molecular formula is C12H20N2O. The Bertz CT molecular complexity index is 271. The van der Waals surface area contributed by atoms with Crippen LogP contribution in [0.2, 0.25) is 0 Å². The molecule has 0 heterocycles. The largest absolute Gasteiger partial charge is 0.399 e. The highest BCUT2D eigenvalue weighted by Crippen LogP contribution is 2.07. The molecule has 0 aliphatic rings. The second-order valence-electron chi connectivity index (χ2n) is 3.71. The van der Waals surface area contributed by atoms with Crippen molar-refractivity contribution < 1.29 is 4.74 Å². The molecule has 3 heteroatoms. The maximum Gasteiger partial charge on any atom is 0.109 e. The predicted molar refractivity (Wildman–Crippen MR) is 63.4 cm³/mol. The molecule has 0 spiro atoms. The third-order valence-corrected chi connectivity index (χ3v) is 2.25. The molecule has 1 unspecified atom stereocenters. The minimum Gasteiger partial charge on any atom is -0.399 e. The van der Waals surface area contributed by atoms with Gasteiger partial charge in [-0.1, -0.05) is 25.5 Å². The zero-order valence-electron chi connectivity index (χ0n) is 9.28. The summed E-state index contributed by atoms with van der Waals surface area (Å²) in [7, 11) is 0. The second kappa shape index (κ2) is 6.43. The van der Waals surface area contributed by atoms with Crippen LogP contribution in [-0.2, 0) is 11.2 Å². The van der Waals surface area contributed by atoms with E-state index in [1.54, 1.807) is 0 Å². The molecule has 0 amide bonds. The van der Waals surface area contributed by atoms with Crippen LogP contribution in [0.25, 0.3) is 0 Å². The summed E-state index contributed by atoms with van der Waals surface area (Å²) in [5, 5.41) is 0. The number of anilines is 1. The second-order valence-corrected chi connectivity index (χ2v) is 3.71. The summed E-state index contributed by atoms with van der Waals surface area (Å²) in [4.78, 5) is 0. The number of benzene rings is 1. The van der Waals surface area contributed by atoms with E-state index in [-0.39, 0.29) is 6.23 Å². The van der Waals surface area contributed by atoms with E-state index < -0.39 is 0 Å². The van der Waals surface area contributed by atoms with Crippen LogP contribution in [0.15, 0.2) is 24.3 Å². The van der Waals surface area contributed by atoms with Crippen molar-refractivity contribution in [1.29, 1.82) is 0 Å². The summed E-state index contributed by atoms with van der Waals surface area (Å²) >= 11 is 0. The van der Waals surface area contributed by atoms with Crippen molar-refractivity contribution in [3.63, 3.8) is 0 Å². The molecule has 0 aromatic heterocycles. The molecule has 0 radical (unpaired) electrons. The van der Waals surface area contributed by atoms with Crippen molar-refractivity contribution in [1.82, 2.24) is 0 Å². The van der Waals surface area contributed by atoms with Gasteiger partial charge in [-0.05, 0) is 24.1 Å². The Kier molecular flexibility index (Phi) is 5.15. The first-order chi connectivity index (χ1) is 7.22. The highest BCUT2D eigenvalue weighted by Gasteiger charge is 2.03. The molecular weight excluding hydrogens is 188 g/mol. The molecule has 0 saturated carbocycles. The van der Waals surface area contributed by atoms with Gasteiger partial charge in [-0.25, -0.2) is 0 Å². The first kappa shape index (κ1) is 12.0. The third kappa shape index (κ3) is 4.81. The Labute approximate surface area is 91.4 Å². The van der Waals surface area contributed by atoms with Gasteiger partial charge in [0, 0.05) is 18.7 Å². The molecule has 4 N–H and O–H groups in total. The Hall–Kier alpha value is -1.06. The van der Waals surface area contributed by atoms with Crippen molar-refractivity contribution in [2.75, 3.05) is 12.3 Å². The van der Waals surface area contributed by atoms with Crippen LogP contribution in [0.3, 0.4) is 0 Å². The first-order valence-electron chi connectivity index (χ1n) is 5.44. The Morgan fingerprint density at radius 3 is 2.53 bits per heavy atom. The summed E-state index contributed by atoms with van der Waals surface area (Å²) in [6, 6.07) is 7.74. The zero-order chi connectivity index (χ0) is 11.1. The van der Waals surface area contributed by atoms with Crippen LogP contribution in [0.5, 0.6) is 0 Å². The topological polar surface area (TPSA) is 61.3 Å². The van der Waals surface area contributed by atoms with Crippen LogP contribution in [0.4, 0.5) is 5.69 Å². The lowest BCUT2D eigenvalue weighted by atomic mass is 10.1. The fraction of sp³-hybridized carbons (Fsp3) is 0.500. The van der Waals surface area contributed by atoms with Crippen LogP contribution < -0.4 is 11.5 Å². The Morgan fingerprint density at radius 2 is 1.93 bits per heavy atom. The monoisotopic (exact) mass is 208 g/mol. The quantitative estimate of drug-likeness (QED) is 0.426. The zero-order valence-corrected chi connectivity index (χ0v) is 9.28. The van der Waals surface area contributed by atoms with Crippen LogP contribution in [-0.4, -0.2) is 12.8 Å². The molecule has 1 rings (SSSR count). The molecule has 1 atom stereocenters. The summed E-state index contributed by atoms with van der Waals surface area (Å²) in [6.07, 6.45) is 2.73. The maximum atomic E-state index is 5.83. The molecule has 1 aromatic rings. The van der Waals surface area contributed by atoms with Crippen molar-refractivity contribution in [3.8, 4) is 0 Å². The molecule has 3 nitrogen and oxygen atoms in total. The van der Waals surface area contributed by atoms with Crippen LogP contribution in [0, 0.1) is 0 Å². The average molecular weight is 208 g/mol. The molecule has 84 valence electrons. The lowest BCUT2D eigenvalue weighted by molar-refractivity contribution is 0.0562. The van der Waals surface area contributed by atoms with Gasteiger partial charge in [0.05, 0.1) is 0 Å². The predicted octanol–water partition coefficient (Wildman–Crippen LogP) is 1.91. The van der Waals surface area contributed by atoms with Gasteiger partial charge < -0.3 is 16.2 Å². The van der Waals surface area contributed by atoms with E-state index in [0.717, 1.165) is 37.1 Å². The molecule has 1 aromatic carbocycles. The van der Waals surface area contributed by atoms with Gasteiger partial charge in [0.1, 0.15) is 6.23 Å². The number of nitrogens with two attached hydrogens (primary N) is 2. The van der Waals surface area contributed by atoms with Crippen LogP contribution in [0.1, 0.15) is 25.3 Å². The SMILES string of the molecule is CCCCOC(N)Cc1ccc(N)cc1. The van der Waals surface area contributed by atoms with Crippen molar-refractivity contribution >= 4 is 5.69 Å². The van der Waals surface area contributed by atoms with Gasteiger partial charge in [-0.15, -0.1) is 0 Å². The number of ether oxygens (including phenoxy) is 1. The van der Waals surface area contributed by atoms with Gasteiger partial charge in [-0.3, -0.25) is 0 Å². The fourth-order valence-electron chi connectivity index (χ4n) is 1.32. The number of unbranched alkanes of at least 4 members (excludes halogenated alkanes) is 1. The number of nitrogen functional groups attached to an aromatic ring is 1. The minimum atomic E-state index is -0.208. The Morgan fingerprint density at radius 1 is 1.27 bits per heavy atom. The summed E-state index contributed by atoms with van der Waals surface area (Å²) < 4.78 is 5.46. The van der Waals surface area contributed by atoms with E-state index in [4.69, 9.17) is 16.2 Å². The lowest BCUT2D eigenvalue weighted by Crippen LogP contribution is -2.26. The highest BCUT2D eigenvalue weighted by molar-refractivity contribution is 5.39. The number of hydrogen-bond donors (Lipinski definition) is 2. The first-order valence-corrected chi connectivity index (χ1v) is 5.44. The molecule has 0 aliphatic heterocycles. The standard InChI is InChI=1S/C12H20N2O/c1-2-3-8-15-12(14)9-10-4-6-11(13)7-5-10/h4-7,12H,2-3,8-9,13-14H2,1H3. The molecule has 0 aliphatic carbocycles. The minimum absolute atomic E-state index is 0.208. The summed E-state index contributed by atoms with van der Waals surface area (Å²) in [5.74, 6) is 0. The average Bonchev–Trinajstić information content (AvgIpc) is 2.22. The van der Waals surface area contributed by atoms with Gasteiger partial charge in [0.25, 0.3) is 0 Å². The van der Waals surface area contributed by atoms with E-state index in [1.807, 2.05) is 24.3 Å². The Balaban J connectivity index is 2.31. The summed E-state index contributed by atoms with van der Waals surface area (Å²) in [6.45, 7) is 2.88. The molecule has 0 fully saturated rings. The molecule has 0 saturated heterocycles. The van der Waals surface area contributed by atoms with E-state index in [2.05, 4.69) is 6.92 Å². The number of hydrogen-bond acceptors (Lipinski definition) is 3. The van der Waals surface area contributed by atoms with Crippen molar-refractivity contribution in [2.24, 2.45) is 5.73 Å². The molecule has 15 heavy (non-hydrogen) atoms. The molecule has 0 bridgehead atoms. The van der Waals surface area contributed by atoms with Crippen LogP contribution >= 0.6 is 0 Å². The third-order valence-electron chi connectivity index (χ3n) is 2.25. The van der Waals surface area contributed by atoms with Gasteiger partial charge in [-0.2, -0.15) is 0 Å². The van der Waals surface area contributed by atoms with E-state index in [9.17, 15) is 0 Å². The van der Waals surface area contributed by atoms with Crippen molar-refractivity contribution in [2.45, 2.75) is 32.4 Å². The fourth-order valence-corrected chi connectivity index (χ4v) is 1.32. The lowest BCUT2D eigenvalue weighted by Gasteiger charge is -2.12. The normalized spacial score (nSPS) is 12.7. The van der Waals surface area contributed by atoms with E-state index in [1.165, 1.54) is 0 Å². The van der Waals surface area contributed by atoms with Crippen molar-refractivity contribution in [3.05, 3.63) is 29.8 Å². The smallest absolute Gasteiger partial charge is 0.109 e. The van der Waals surface area contributed by atoms with E-state index >= 15 is 0 Å².